The van der Waals surface area contributed by atoms with Crippen LogP contribution in [0.5, 0.6) is 0 Å². The van der Waals surface area contributed by atoms with Crippen molar-refractivity contribution >= 4 is 16.9 Å². The summed E-state index contributed by atoms with van der Waals surface area (Å²) in [4.78, 5) is 31.4. The molecule has 1 amide bonds. The van der Waals surface area contributed by atoms with Crippen LogP contribution in [-0.2, 0) is 11.2 Å². The zero-order valence-electron chi connectivity index (χ0n) is 14.3. The van der Waals surface area contributed by atoms with Crippen molar-refractivity contribution in [3.05, 3.63) is 75.7 Å². The number of aromatic nitrogens is 2. The van der Waals surface area contributed by atoms with E-state index in [1.165, 1.54) is 0 Å². The van der Waals surface area contributed by atoms with Crippen molar-refractivity contribution in [3.8, 4) is 6.07 Å². The van der Waals surface area contributed by atoms with Crippen molar-refractivity contribution in [1.82, 2.24) is 15.3 Å². The van der Waals surface area contributed by atoms with E-state index < -0.39 is 6.04 Å². The van der Waals surface area contributed by atoms with E-state index in [9.17, 15) is 14.9 Å². The van der Waals surface area contributed by atoms with E-state index in [0.717, 1.165) is 11.1 Å². The van der Waals surface area contributed by atoms with E-state index in [1.807, 2.05) is 43.3 Å². The Labute approximate surface area is 150 Å². The normalized spacial score (nSPS) is 11.7. The molecule has 0 radical (unpaired) electrons. The van der Waals surface area contributed by atoms with Gasteiger partial charge in [-0.3, -0.25) is 9.59 Å². The highest BCUT2D eigenvalue weighted by atomic mass is 16.1. The number of amides is 1. The number of hydrogen-bond donors (Lipinski definition) is 2. The monoisotopic (exact) mass is 346 g/mol. The number of carbonyl (C=O) groups is 1. The Morgan fingerprint density at radius 2 is 1.96 bits per heavy atom. The van der Waals surface area contributed by atoms with Crippen molar-refractivity contribution in [2.45, 2.75) is 25.8 Å². The third-order valence-electron chi connectivity index (χ3n) is 4.10. The molecule has 0 spiro atoms. The molecular formula is C20H18N4O2. The van der Waals surface area contributed by atoms with Crippen LogP contribution in [0, 0.1) is 18.3 Å². The molecule has 130 valence electrons. The molecule has 0 aliphatic carbocycles. The maximum atomic E-state index is 12.2. The molecular weight excluding hydrogens is 328 g/mol. The lowest BCUT2D eigenvalue weighted by atomic mass is 10.1. The molecule has 2 aromatic carbocycles. The lowest BCUT2D eigenvalue weighted by Gasteiger charge is -2.12. The Bertz CT molecular complexity index is 1030. The number of hydrogen-bond acceptors (Lipinski definition) is 4. The van der Waals surface area contributed by atoms with Gasteiger partial charge in [-0.05, 0) is 24.6 Å². The first-order valence-electron chi connectivity index (χ1n) is 8.30. The number of benzene rings is 2. The third-order valence-corrected chi connectivity index (χ3v) is 4.10. The van der Waals surface area contributed by atoms with Crippen LogP contribution in [0.25, 0.3) is 11.0 Å². The second-order valence-corrected chi connectivity index (χ2v) is 6.07. The van der Waals surface area contributed by atoms with Crippen LogP contribution in [0.15, 0.2) is 53.3 Å². The maximum Gasteiger partial charge on any atom is 0.270 e. The molecule has 0 saturated heterocycles. The van der Waals surface area contributed by atoms with Gasteiger partial charge in [0.2, 0.25) is 5.91 Å². The Hall–Kier alpha value is -3.46. The van der Waals surface area contributed by atoms with Gasteiger partial charge in [-0.2, -0.15) is 5.26 Å². The Morgan fingerprint density at radius 1 is 1.23 bits per heavy atom. The van der Waals surface area contributed by atoms with Crippen molar-refractivity contribution in [2.75, 3.05) is 0 Å². The number of nitrogens with zero attached hydrogens (tertiary/aromatic N) is 2. The topological polar surface area (TPSA) is 98.6 Å². The summed E-state index contributed by atoms with van der Waals surface area (Å²) < 4.78 is 0. The van der Waals surface area contributed by atoms with Gasteiger partial charge in [-0.25, -0.2) is 4.98 Å². The van der Waals surface area contributed by atoms with Gasteiger partial charge in [-0.15, -0.1) is 0 Å². The molecule has 1 aromatic heterocycles. The number of para-hydroxylation sites is 2. The van der Waals surface area contributed by atoms with Gasteiger partial charge in [0.15, 0.2) is 0 Å². The lowest BCUT2D eigenvalue weighted by molar-refractivity contribution is -0.121. The quantitative estimate of drug-likeness (QED) is 0.741. The molecule has 26 heavy (non-hydrogen) atoms. The third kappa shape index (κ3) is 3.95. The van der Waals surface area contributed by atoms with E-state index in [4.69, 9.17) is 0 Å². The molecule has 3 aromatic rings. The zero-order valence-corrected chi connectivity index (χ0v) is 14.3. The van der Waals surface area contributed by atoms with Crippen LogP contribution < -0.4 is 10.9 Å². The number of nitrogens with one attached hydrogen (secondary N) is 2. The Balaban J connectivity index is 1.67. The second kappa shape index (κ2) is 7.62. The molecule has 0 aliphatic heterocycles. The largest absolute Gasteiger partial charge is 0.337 e. The fourth-order valence-electron chi connectivity index (χ4n) is 2.65. The summed E-state index contributed by atoms with van der Waals surface area (Å²) in [6.45, 7) is 1.96. The van der Waals surface area contributed by atoms with Crippen LogP contribution in [0.2, 0.25) is 0 Å². The number of rotatable bonds is 5. The highest BCUT2D eigenvalue weighted by molar-refractivity contribution is 5.77. The van der Waals surface area contributed by atoms with Crippen molar-refractivity contribution in [1.29, 1.82) is 5.26 Å². The van der Waals surface area contributed by atoms with Gasteiger partial charge in [0.25, 0.3) is 5.56 Å². The van der Waals surface area contributed by atoms with Gasteiger partial charge in [-0.1, -0.05) is 42.0 Å². The summed E-state index contributed by atoms with van der Waals surface area (Å²) in [6, 6.07) is 16.0. The summed E-state index contributed by atoms with van der Waals surface area (Å²) in [6.07, 6.45) is 0.288. The molecule has 0 aliphatic rings. The first-order chi connectivity index (χ1) is 12.6. The molecule has 1 atom stereocenters. The minimum absolute atomic E-state index is 0.0818. The van der Waals surface area contributed by atoms with E-state index in [-0.39, 0.29) is 24.3 Å². The minimum atomic E-state index is -0.717. The van der Waals surface area contributed by atoms with Crippen molar-refractivity contribution in [2.24, 2.45) is 0 Å². The number of carbonyl (C=O) groups excluding carboxylic acids is 1. The van der Waals surface area contributed by atoms with Crippen molar-refractivity contribution in [3.63, 3.8) is 0 Å². The molecule has 6 nitrogen and oxygen atoms in total. The average Bonchev–Trinajstić information content (AvgIpc) is 2.65. The van der Waals surface area contributed by atoms with Crippen LogP contribution in [-0.4, -0.2) is 15.9 Å². The first-order valence-corrected chi connectivity index (χ1v) is 8.30. The number of nitriles is 1. The molecule has 0 fully saturated rings. The zero-order chi connectivity index (χ0) is 18.5. The molecule has 0 bridgehead atoms. The Morgan fingerprint density at radius 3 is 2.69 bits per heavy atom. The van der Waals surface area contributed by atoms with Crippen LogP contribution >= 0.6 is 0 Å². The van der Waals surface area contributed by atoms with Crippen LogP contribution in [0.3, 0.4) is 0 Å². The van der Waals surface area contributed by atoms with E-state index >= 15 is 0 Å². The van der Waals surface area contributed by atoms with Gasteiger partial charge in [0.1, 0.15) is 11.7 Å². The summed E-state index contributed by atoms with van der Waals surface area (Å²) in [5.41, 5.74) is 3.16. The van der Waals surface area contributed by atoms with Crippen LogP contribution in [0.1, 0.15) is 29.3 Å². The lowest BCUT2D eigenvalue weighted by Crippen LogP contribution is -2.28. The number of aryl methyl sites for hydroxylation is 2. The molecule has 2 N–H and O–H groups in total. The van der Waals surface area contributed by atoms with Gasteiger partial charge in [0.05, 0.1) is 17.1 Å². The predicted octanol–water partition coefficient (Wildman–Crippen LogP) is 2.55. The second-order valence-electron chi connectivity index (χ2n) is 6.07. The molecule has 3 rings (SSSR count). The summed E-state index contributed by atoms with van der Waals surface area (Å²) in [7, 11) is 0. The average molecular weight is 346 g/mol. The summed E-state index contributed by atoms with van der Waals surface area (Å²) in [5.74, 6) is -0.300. The Kier molecular flexibility index (Phi) is 5.09. The van der Waals surface area contributed by atoms with E-state index in [0.29, 0.717) is 16.7 Å². The fourth-order valence-corrected chi connectivity index (χ4v) is 2.65. The highest BCUT2D eigenvalue weighted by Gasteiger charge is 2.14. The first kappa shape index (κ1) is 17.4. The minimum Gasteiger partial charge on any atom is -0.337 e. The maximum absolute atomic E-state index is 12.2. The SMILES string of the molecule is Cc1ccc(C(C#N)NC(=O)CCc2nc3ccccc3[nH]c2=O)cc1. The standard InChI is InChI=1S/C20H18N4O2/c1-13-6-8-14(9-7-13)18(12-21)23-19(25)11-10-17-20(26)24-16-5-3-2-4-15(16)22-17/h2-9,18H,10-11H2,1H3,(H,23,25)(H,24,26). The molecule has 1 heterocycles. The molecule has 6 heteroatoms. The number of aromatic amines is 1. The van der Waals surface area contributed by atoms with E-state index in [1.54, 1.807) is 12.1 Å². The molecule has 1 unspecified atom stereocenters. The van der Waals surface area contributed by atoms with Crippen molar-refractivity contribution < 1.29 is 4.79 Å². The molecule has 0 saturated carbocycles. The fraction of sp³-hybridized carbons (Fsp3) is 0.200. The highest BCUT2D eigenvalue weighted by Crippen LogP contribution is 2.13. The van der Waals surface area contributed by atoms with Gasteiger partial charge >= 0.3 is 0 Å². The number of fused-ring (bicyclic) bond motifs is 1. The summed E-state index contributed by atoms with van der Waals surface area (Å²) in [5, 5.41) is 12.0. The number of H-pyrrole nitrogens is 1. The van der Waals surface area contributed by atoms with Gasteiger partial charge in [0, 0.05) is 12.8 Å². The smallest absolute Gasteiger partial charge is 0.270 e. The van der Waals surface area contributed by atoms with Gasteiger partial charge < -0.3 is 10.3 Å². The predicted molar refractivity (Wildman–Crippen MR) is 98.4 cm³/mol. The van der Waals surface area contributed by atoms with E-state index in [2.05, 4.69) is 21.4 Å². The summed E-state index contributed by atoms with van der Waals surface area (Å²) >= 11 is 0. The van der Waals surface area contributed by atoms with Crippen LogP contribution in [0.4, 0.5) is 0 Å².